The van der Waals surface area contributed by atoms with Gasteiger partial charge in [-0.15, -0.1) is 0 Å². The van der Waals surface area contributed by atoms with Crippen LogP contribution in [0.15, 0.2) is 28.8 Å². The lowest BCUT2D eigenvalue weighted by Crippen LogP contribution is -2.35. The van der Waals surface area contributed by atoms with Crippen molar-refractivity contribution in [1.82, 2.24) is 15.5 Å². The molecule has 0 radical (unpaired) electrons. The monoisotopic (exact) mass is 377 g/mol. The van der Waals surface area contributed by atoms with Crippen molar-refractivity contribution >= 4 is 15.7 Å². The van der Waals surface area contributed by atoms with E-state index >= 15 is 0 Å². The smallest absolute Gasteiger partial charge is 0.227 e. The second-order valence-electron chi connectivity index (χ2n) is 6.96. The Balaban J connectivity index is 1.53. The highest BCUT2D eigenvalue weighted by molar-refractivity contribution is 7.91. The molecule has 1 fully saturated rings. The Hall–Kier alpha value is -2.22. The number of carbonyl (C=O) groups excluding carboxylic acids is 1. The average molecular weight is 377 g/mol. The number of benzene rings is 1. The lowest BCUT2D eigenvalue weighted by atomic mass is 10.0. The third-order valence-corrected chi connectivity index (χ3v) is 6.24. The van der Waals surface area contributed by atoms with Crippen LogP contribution in [0.1, 0.15) is 44.1 Å². The summed E-state index contributed by atoms with van der Waals surface area (Å²) in [7, 11) is -3.00. The molecule has 1 N–H and O–H groups in total. The van der Waals surface area contributed by atoms with Crippen molar-refractivity contribution in [3.05, 3.63) is 35.7 Å². The van der Waals surface area contributed by atoms with E-state index in [4.69, 9.17) is 4.52 Å². The van der Waals surface area contributed by atoms with Crippen LogP contribution >= 0.6 is 0 Å². The first kappa shape index (κ1) is 18.6. The molecule has 1 aliphatic rings. The van der Waals surface area contributed by atoms with Gasteiger partial charge < -0.3 is 9.84 Å². The van der Waals surface area contributed by atoms with Crippen LogP contribution in [0.25, 0.3) is 11.4 Å². The molecule has 7 nitrogen and oxygen atoms in total. The first-order chi connectivity index (χ1) is 12.3. The lowest BCUT2D eigenvalue weighted by molar-refractivity contribution is -0.121. The van der Waals surface area contributed by atoms with Gasteiger partial charge in [-0.1, -0.05) is 43.3 Å². The van der Waals surface area contributed by atoms with E-state index in [9.17, 15) is 13.2 Å². The minimum Gasteiger partial charge on any atom is -0.352 e. The molecule has 1 aromatic heterocycles. The van der Waals surface area contributed by atoms with Crippen LogP contribution in [-0.2, 0) is 21.1 Å². The maximum atomic E-state index is 12.0. The molecule has 1 amide bonds. The molecule has 1 unspecified atom stereocenters. The zero-order valence-corrected chi connectivity index (χ0v) is 15.8. The number of aromatic nitrogens is 2. The van der Waals surface area contributed by atoms with Crippen LogP contribution in [0.5, 0.6) is 0 Å². The Morgan fingerprint density at radius 1 is 1.31 bits per heavy atom. The number of hydrogen-bond acceptors (Lipinski definition) is 6. The minimum atomic E-state index is -3.00. The third-order valence-electron chi connectivity index (χ3n) is 4.47. The van der Waals surface area contributed by atoms with Crippen molar-refractivity contribution in [3.63, 3.8) is 0 Å². The summed E-state index contributed by atoms with van der Waals surface area (Å²) in [5.74, 6) is 1.31. The van der Waals surface area contributed by atoms with Crippen molar-refractivity contribution in [2.75, 3.05) is 11.5 Å². The molecule has 1 atom stereocenters. The highest BCUT2D eigenvalue weighted by atomic mass is 32.2. The average Bonchev–Trinajstić information content (AvgIpc) is 3.19. The van der Waals surface area contributed by atoms with Gasteiger partial charge >= 0.3 is 0 Å². The molecule has 8 heteroatoms. The van der Waals surface area contributed by atoms with E-state index in [0.717, 1.165) is 5.56 Å². The molecule has 0 saturated carbocycles. The number of nitrogens with one attached hydrogen (secondary N) is 1. The maximum absolute atomic E-state index is 12.0. The fourth-order valence-corrected chi connectivity index (χ4v) is 4.59. The SMILES string of the molecule is CC(C)c1ccc(-c2noc(CCC(=O)NC3CCS(=O)(=O)C3)n2)cc1. The maximum Gasteiger partial charge on any atom is 0.227 e. The van der Waals surface area contributed by atoms with Crippen LogP contribution in [-0.4, -0.2) is 42.0 Å². The van der Waals surface area contributed by atoms with Crippen LogP contribution < -0.4 is 5.32 Å². The summed E-state index contributed by atoms with van der Waals surface area (Å²) in [6.07, 6.45) is 0.984. The number of aryl methyl sites for hydroxylation is 1. The molecule has 140 valence electrons. The fourth-order valence-electron chi connectivity index (χ4n) is 2.92. The Labute approximate surface area is 153 Å². The molecule has 1 saturated heterocycles. The summed E-state index contributed by atoms with van der Waals surface area (Å²) in [6.45, 7) is 4.26. The molecule has 1 aromatic carbocycles. The van der Waals surface area contributed by atoms with E-state index in [1.54, 1.807) is 0 Å². The molecular weight excluding hydrogens is 354 g/mol. The van der Waals surface area contributed by atoms with Gasteiger partial charge in [0.15, 0.2) is 9.84 Å². The normalized spacial score (nSPS) is 19.0. The first-order valence-electron chi connectivity index (χ1n) is 8.75. The zero-order chi connectivity index (χ0) is 18.7. The number of rotatable bonds is 6. The highest BCUT2D eigenvalue weighted by Crippen LogP contribution is 2.20. The standard InChI is InChI=1S/C18H23N3O4S/c1-12(2)13-3-5-14(6-4-13)18-20-17(25-21-18)8-7-16(22)19-15-9-10-26(23,24)11-15/h3-6,12,15H,7-11H2,1-2H3,(H,19,22). The van der Waals surface area contributed by atoms with Crippen LogP contribution in [0, 0.1) is 0 Å². The molecule has 0 spiro atoms. The number of sulfone groups is 1. The summed E-state index contributed by atoms with van der Waals surface area (Å²) in [4.78, 5) is 16.3. The molecule has 0 bridgehead atoms. The predicted octanol–water partition coefficient (Wildman–Crippen LogP) is 2.10. The molecular formula is C18H23N3O4S. The number of nitrogens with zero attached hydrogens (tertiary/aromatic N) is 2. The van der Waals surface area contributed by atoms with Gasteiger partial charge in [-0.25, -0.2) is 8.42 Å². The zero-order valence-electron chi connectivity index (χ0n) is 14.9. The van der Waals surface area contributed by atoms with E-state index in [-0.39, 0.29) is 29.9 Å². The Morgan fingerprint density at radius 3 is 2.65 bits per heavy atom. The molecule has 2 aromatic rings. The summed E-state index contributed by atoms with van der Waals surface area (Å²) in [6, 6.07) is 7.71. The third kappa shape index (κ3) is 4.69. The minimum absolute atomic E-state index is 0.0236. The molecule has 1 aliphatic heterocycles. The van der Waals surface area contributed by atoms with Gasteiger partial charge in [0.1, 0.15) is 0 Å². The summed E-state index contributed by atoms with van der Waals surface area (Å²) >= 11 is 0. The van der Waals surface area contributed by atoms with Gasteiger partial charge in [0.05, 0.1) is 11.5 Å². The van der Waals surface area contributed by atoms with Gasteiger partial charge in [0, 0.05) is 24.4 Å². The van der Waals surface area contributed by atoms with Crippen molar-refractivity contribution < 1.29 is 17.7 Å². The van der Waals surface area contributed by atoms with Gasteiger partial charge in [-0.3, -0.25) is 4.79 Å². The number of carbonyl (C=O) groups is 1. The van der Waals surface area contributed by atoms with E-state index in [2.05, 4.69) is 29.3 Å². The van der Waals surface area contributed by atoms with E-state index < -0.39 is 9.84 Å². The molecule has 0 aliphatic carbocycles. The Morgan fingerprint density at radius 2 is 2.04 bits per heavy atom. The first-order valence-corrected chi connectivity index (χ1v) is 10.6. The largest absolute Gasteiger partial charge is 0.352 e. The Kier molecular flexibility index (Phi) is 5.41. The summed E-state index contributed by atoms with van der Waals surface area (Å²) in [5, 5.41) is 6.72. The summed E-state index contributed by atoms with van der Waals surface area (Å²) in [5.41, 5.74) is 2.10. The highest BCUT2D eigenvalue weighted by Gasteiger charge is 2.28. The van der Waals surface area contributed by atoms with E-state index in [1.165, 1.54) is 5.56 Å². The van der Waals surface area contributed by atoms with Crippen molar-refractivity contribution in [2.45, 2.75) is 45.1 Å². The number of amides is 1. The van der Waals surface area contributed by atoms with Crippen LogP contribution in [0.4, 0.5) is 0 Å². The van der Waals surface area contributed by atoms with Gasteiger partial charge in [-0.2, -0.15) is 4.98 Å². The Bertz CT molecular complexity index is 872. The topological polar surface area (TPSA) is 102 Å². The van der Waals surface area contributed by atoms with Crippen molar-refractivity contribution in [1.29, 1.82) is 0 Å². The van der Waals surface area contributed by atoms with E-state index in [0.29, 0.717) is 30.5 Å². The second-order valence-corrected chi connectivity index (χ2v) is 9.18. The van der Waals surface area contributed by atoms with Crippen LogP contribution in [0.2, 0.25) is 0 Å². The van der Waals surface area contributed by atoms with Crippen LogP contribution in [0.3, 0.4) is 0 Å². The van der Waals surface area contributed by atoms with Gasteiger partial charge in [-0.05, 0) is 17.9 Å². The number of hydrogen-bond donors (Lipinski definition) is 1. The quantitative estimate of drug-likeness (QED) is 0.827. The van der Waals surface area contributed by atoms with Crippen molar-refractivity contribution in [2.24, 2.45) is 0 Å². The predicted molar refractivity (Wildman–Crippen MR) is 97.3 cm³/mol. The lowest BCUT2D eigenvalue weighted by Gasteiger charge is -2.09. The molecule has 26 heavy (non-hydrogen) atoms. The second kappa shape index (κ2) is 7.57. The van der Waals surface area contributed by atoms with Gasteiger partial charge in [0.2, 0.25) is 17.6 Å². The summed E-state index contributed by atoms with van der Waals surface area (Å²) < 4.78 is 28.0. The van der Waals surface area contributed by atoms with Crippen molar-refractivity contribution in [3.8, 4) is 11.4 Å². The molecule has 2 heterocycles. The van der Waals surface area contributed by atoms with Gasteiger partial charge in [0.25, 0.3) is 0 Å². The molecule has 3 rings (SSSR count). The fraction of sp³-hybridized carbons (Fsp3) is 0.500. The van der Waals surface area contributed by atoms with E-state index in [1.807, 2.05) is 24.3 Å².